The summed E-state index contributed by atoms with van der Waals surface area (Å²) < 4.78 is 25.0. The highest BCUT2D eigenvalue weighted by Crippen LogP contribution is 2.10. The molecule has 6 heteroatoms. The van der Waals surface area contributed by atoms with E-state index in [1.165, 1.54) is 13.8 Å². The van der Waals surface area contributed by atoms with Crippen LogP contribution in [0, 0.1) is 5.92 Å². The Kier molecular flexibility index (Phi) is 6.70. The molecule has 0 aliphatic carbocycles. The minimum absolute atomic E-state index is 0.115. The Bertz CT molecular complexity index is 337. The van der Waals surface area contributed by atoms with E-state index in [-0.39, 0.29) is 12.0 Å². The fraction of sp³-hybridized carbons (Fsp3) is 0.909. The van der Waals surface area contributed by atoms with Crippen molar-refractivity contribution in [1.29, 1.82) is 0 Å². The number of carbonyl (C=O) groups is 1. The molecule has 0 aromatic heterocycles. The number of amides is 1. The van der Waals surface area contributed by atoms with E-state index in [0.29, 0.717) is 6.42 Å². The summed E-state index contributed by atoms with van der Waals surface area (Å²) in [6.45, 7) is 6.72. The third kappa shape index (κ3) is 6.63. The smallest absolute Gasteiger partial charge is 0.237 e. The van der Waals surface area contributed by atoms with Crippen LogP contribution in [0.1, 0.15) is 47.0 Å². The van der Waals surface area contributed by atoms with Crippen molar-refractivity contribution in [1.82, 2.24) is 4.72 Å². The molecule has 0 saturated carbocycles. The lowest BCUT2D eigenvalue weighted by atomic mass is 10.0. The van der Waals surface area contributed by atoms with Crippen molar-refractivity contribution in [3.8, 4) is 0 Å². The Labute approximate surface area is 104 Å². The van der Waals surface area contributed by atoms with Crippen molar-refractivity contribution >= 4 is 15.9 Å². The summed E-state index contributed by atoms with van der Waals surface area (Å²) >= 11 is 0. The van der Waals surface area contributed by atoms with Gasteiger partial charge in [0.25, 0.3) is 0 Å². The average molecular weight is 264 g/mol. The Hall–Kier alpha value is -0.620. The molecule has 0 fully saturated rings. The molecule has 2 atom stereocenters. The molecule has 0 spiro atoms. The van der Waals surface area contributed by atoms with Crippen molar-refractivity contribution in [3.05, 3.63) is 0 Å². The summed E-state index contributed by atoms with van der Waals surface area (Å²) in [5.41, 5.74) is 5.60. The summed E-state index contributed by atoms with van der Waals surface area (Å²) in [6.07, 6.45) is 2.32. The Morgan fingerprint density at radius 2 is 1.71 bits per heavy atom. The van der Waals surface area contributed by atoms with E-state index < -0.39 is 21.2 Å². The van der Waals surface area contributed by atoms with Crippen LogP contribution in [0.25, 0.3) is 0 Å². The lowest BCUT2D eigenvalue weighted by molar-refractivity contribution is -0.122. The van der Waals surface area contributed by atoms with Gasteiger partial charge in [0.2, 0.25) is 15.9 Å². The second-order valence-corrected chi connectivity index (χ2v) is 7.11. The molecule has 0 heterocycles. The number of hydrogen-bond acceptors (Lipinski definition) is 4. The average Bonchev–Trinajstić information content (AvgIpc) is 2.15. The van der Waals surface area contributed by atoms with Gasteiger partial charge >= 0.3 is 0 Å². The van der Waals surface area contributed by atoms with Crippen LogP contribution in [0.15, 0.2) is 0 Å². The van der Waals surface area contributed by atoms with Gasteiger partial charge in [-0.15, -0.1) is 0 Å². The molecule has 1 amide bonds. The highest BCUT2D eigenvalue weighted by molar-refractivity contribution is 7.90. The van der Waals surface area contributed by atoms with Gasteiger partial charge in [0.05, 0.1) is 5.25 Å². The van der Waals surface area contributed by atoms with Gasteiger partial charge in [0.1, 0.15) is 0 Å². The molecule has 0 rings (SSSR count). The largest absolute Gasteiger partial charge is 0.328 e. The van der Waals surface area contributed by atoms with Crippen LogP contribution in [-0.2, 0) is 14.8 Å². The van der Waals surface area contributed by atoms with Gasteiger partial charge in [-0.1, -0.05) is 13.3 Å². The quantitative estimate of drug-likeness (QED) is 0.717. The zero-order valence-corrected chi connectivity index (χ0v) is 11.9. The van der Waals surface area contributed by atoms with Crippen molar-refractivity contribution in [2.75, 3.05) is 0 Å². The van der Waals surface area contributed by atoms with Crippen LogP contribution >= 0.6 is 0 Å². The van der Waals surface area contributed by atoms with E-state index in [4.69, 9.17) is 5.73 Å². The summed E-state index contributed by atoms with van der Waals surface area (Å²) in [5, 5.41) is -0.595. The molecule has 2 unspecified atom stereocenters. The third-order valence-electron chi connectivity index (χ3n) is 2.61. The summed E-state index contributed by atoms with van der Waals surface area (Å²) in [7, 11) is -3.51. The molecule has 102 valence electrons. The second-order valence-electron chi connectivity index (χ2n) is 4.87. The number of hydrogen-bond donors (Lipinski definition) is 2. The van der Waals surface area contributed by atoms with Gasteiger partial charge in [0, 0.05) is 12.0 Å². The Balaban J connectivity index is 4.15. The molecular weight excluding hydrogens is 240 g/mol. The number of nitrogens with two attached hydrogens (primary N) is 1. The minimum Gasteiger partial charge on any atom is -0.328 e. The van der Waals surface area contributed by atoms with Gasteiger partial charge < -0.3 is 5.73 Å². The van der Waals surface area contributed by atoms with Gasteiger partial charge in [-0.05, 0) is 33.6 Å². The second kappa shape index (κ2) is 6.96. The van der Waals surface area contributed by atoms with Gasteiger partial charge in [-0.25, -0.2) is 8.42 Å². The summed E-state index contributed by atoms with van der Waals surface area (Å²) in [5.74, 6) is -0.731. The monoisotopic (exact) mass is 264 g/mol. The van der Waals surface area contributed by atoms with Crippen LogP contribution < -0.4 is 10.5 Å². The maximum Gasteiger partial charge on any atom is 0.237 e. The first-order valence-electron chi connectivity index (χ1n) is 5.98. The zero-order chi connectivity index (χ0) is 13.6. The van der Waals surface area contributed by atoms with Crippen molar-refractivity contribution < 1.29 is 13.2 Å². The molecule has 5 nitrogen and oxygen atoms in total. The van der Waals surface area contributed by atoms with Crippen LogP contribution in [0.4, 0.5) is 0 Å². The normalized spacial score (nSPS) is 15.6. The van der Waals surface area contributed by atoms with E-state index in [9.17, 15) is 13.2 Å². The highest BCUT2D eigenvalue weighted by atomic mass is 32.2. The number of carbonyl (C=O) groups excluding carboxylic acids is 1. The van der Waals surface area contributed by atoms with E-state index >= 15 is 0 Å². The first-order chi connectivity index (χ1) is 7.66. The molecule has 0 aliphatic rings. The number of nitrogens with one attached hydrogen (secondary N) is 1. The van der Waals surface area contributed by atoms with E-state index in [0.717, 1.165) is 12.8 Å². The minimum atomic E-state index is -3.51. The molecule has 0 aliphatic heterocycles. The first kappa shape index (κ1) is 16.4. The molecule has 0 bridgehead atoms. The predicted octanol–water partition coefficient (Wildman–Crippen LogP) is 0.994. The van der Waals surface area contributed by atoms with E-state index in [1.54, 1.807) is 6.92 Å². The Morgan fingerprint density at radius 1 is 1.18 bits per heavy atom. The van der Waals surface area contributed by atoms with Gasteiger partial charge in [0.15, 0.2) is 0 Å². The van der Waals surface area contributed by atoms with Crippen LogP contribution in [0.3, 0.4) is 0 Å². The SMILES string of the molecule is CC(N)CCCC(C)C(=O)NS(=O)(=O)C(C)C. The maximum atomic E-state index is 11.6. The third-order valence-corrected chi connectivity index (χ3v) is 4.33. The molecule has 0 radical (unpaired) electrons. The van der Waals surface area contributed by atoms with Crippen molar-refractivity contribution in [3.63, 3.8) is 0 Å². The summed E-state index contributed by atoms with van der Waals surface area (Å²) in [6, 6.07) is 0.115. The van der Waals surface area contributed by atoms with Crippen LogP contribution in [0.5, 0.6) is 0 Å². The molecular formula is C11H24N2O3S. The highest BCUT2D eigenvalue weighted by Gasteiger charge is 2.22. The van der Waals surface area contributed by atoms with Crippen LogP contribution in [-0.4, -0.2) is 25.6 Å². The maximum absolute atomic E-state index is 11.6. The molecule has 0 aromatic carbocycles. The lowest BCUT2D eigenvalue weighted by Gasteiger charge is -2.14. The fourth-order valence-electron chi connectivity index (χ4n) is 1.24. The number of sulfonamides is 1. The van der Waals surface area contributed by atoms with E-state index in [2.05, 4.69) is 4.72 Å². The molecule has 0 aromatic rings. The molecule has 17 heavy (non-hydrogen) atoms. The van der Waals surface area contributed by atoms with Crippen molar-refractivity contribution in [2.45, 2.75) is 58.2 Å². The van der Waals surface area contributed by atoms with Gasteiger partial charge in [-0.3, -0.25) is 9.52 Å². The molecule has 0 saturated heterocycles. The first-order valence-corrected chi connectivity index (χ1v) is 7.52. The summed E-state index contributed by atoms with van der Waals surface area (Å²) in [4.78, 5) is 11.6. The predicted molar refractivity (Wildman–Crippen MR) is 68.9 cm³/mol. The van der Waals surface area contributed by atoms with Crippen molar-refractivity contribution in [2.24, 2.45) is 11.7 Å². The standard InChI is InChI=1S/C11H24N2O3S/c1-8(2)17(15,16)13-11(14)9(3)6-5-7-10(4)12/h8-10H,5-7,12H2,1-4H3,(H,13,14). The van der Waals surface area contributed by atoms with E-state index in [1.807, 2.05) is 6.92 Å². The fourth-order valence-corrected chi connectivity index (χ4v) is 1.95. The lowest BCUT2D eigenvalue weighted by Crippen LogP contribution is -2.38. The van der Waals surface area contributed by atoms with Gasteiger partial charge in [-0.2, -0.15) is 0 Å². The molecule has 3 N–H and O–H groups in total. The van der Waals surface area contributed by atoms with Crippen LogP contribution in [0.2, 0.25) is 0 Å². The Morgan fingerprint density at radius 3 is 2.12 bits per heavy atom. The topological polar surface area (TPSA) is 89.3 Å². The number of rotatable bonds is 7. The zero-order valence-electron chi connectivity index (χ0n) is 11.1.